The van der Waals surface area contributed by atoms with Crippen LogP contribution in [0.15, 0.2) is 88.3 Å². The Bertz CT molecular complexity index is 1270. The van der Waals surface area contributed by atoms with Crippen molar-refractivity contribution in [3.63, 3.8) is 0 Å². The van der Waals surface area contributed by atoms with Crippen LogP contribution in [0, 0.1) is 5.82 Å². The molecule has 4 aromatic rings. The average molecular weight is 412 g/mol. The van der Waals surface area contributed by atoms with E-state index in [1.807, 2.05) is 54.6 Å². The number of rotatable bonds is 4. The molecule has 0 amide bonds. The number of carbonyl (C=O) groups excluding carboxylic acids is 1. The Balaban J connectivity index is 1.49. The molecule has 1 aromatic heterocycles. The number of aromatic nitrogens is 2. The van der Waals surface area contributed by atoms with Crippen molar-refractivity contribution in [1.82, 2.24) is 10.2 Å². The fraction of sp³-hybridized carbons (Fsp3) is 0.0833. The Labute approximate surface area is 177 Å². The molecule has 152 valence electrons. The summed E-state index contributed by atoms with van der Waals surface area (Å²) < 4.78 is 18.8. The first kappa shape index (κ1) is 18.9. The number of anilines is 1. The molecule has 0 unspecified atom stereocenters. The molecule has 0 fully saturated rings. The van der Waals surface area contributed by atoms with Gasteiger partial charge in [0.2, 0.25) is 5.89 Å². The predicted molar refractivity (Wildman–Crippen MR) is 114 cm³/mol. The maximum atomic E-state index is 13.2. The van der Waals surface area contributed by atoms with Gasteiger partial charge in [0.1, 0.15) is 5.82 Å². The van der Waals surface area contributed by atoms with E-state index in [0.717, 1.165) is 22.4 Å². The minimum Gasteiger partial charge on any atom is -0.403 e. The van der Waals surface area contributed by atoms with E-state index in [-0.39, 0.29) is 29.9 Å². The molecule has 0 spiro atoms. The van der Waals surface area contributed by atoms with E-state index in [0.29, 0.717) is 5.56 Å². The highest BCUT2D eigenvalue weighted by Gasteiger charge is 2.27. The number of hydrogen-bond acceptors (Lipinski definition) is 6. The van der Waals surface area contributed by atoms with Crippen molar-refractivity contribution in [3.8, 4) is 11.5 Å². The van der Waals surface area contributed by atoms with Crippen LogP contribution in [0.1, 0.15) is 16.7 Å². The van der Waals surface area contributed by atoms with Crippen LogP contribution in [0.4, 0.5) is 10.4 Å². The van der Waals surface area contributed by atoms with Crippen LogP contribution in [0.25, 0.3) is 11.5 Å². The number of ketones is 1. The van der Waals surface area contributed by atoms with Gasteiger partial charge in [0, 0.05) is 23.1 Å². The molecule has 5 rings (SSSR count). The lowest BCUT2D eigenvalue weighted by Gasteiger charge is -2.11. The Morgan fingerprint density at radius 2 is 1.61 bits per heavy atom. The number of nitrogens with one attached hydrogen (secondary N) is 1. The maximum Gasteiger partial charge on any atom is 0.317 e. The lowest BCUT2D eigenvalue weighted by molar-refractivity contribution is -0.119. The number of halogens is 1. The third-order valence-corrected chi connectivity index (χ3v) is 5.02. The summed E-state index contributed by atoms with van der Waals surface area (Å²) in [6.45, 7) is 0. The van der Waals surface area contributed by atoms with Gasteiger partial charge in [-0.1, -0.05) is 59.7 Å². The fourth-order valence-corrected chi connectivity index (χ4v) is 3.51. The maximum absolute atomic E-state index is 13.2. The Hall–Kier alpha value is -4.13. The number of nitrogens with zero attached hydrogens (tertiary/aromatic N) is 3. The topological polar surface area (TPSA) is 80.4 Å². The van der Waals surface area contributed by atoms with Crippen LogP contribution >= 0.6 is 0 Å². The highest BCUT2D eigenvalue weighted by Crippen LogP contribution is 2.24. The van der Waals surface area contributed by atoms with Crippen LogP contribution in [0.5, 0.6) is 0 Å². The predicted octanol–water partition coefficient (Wildman–Crippen LogP) is 4.28. The van der Waals surface area contributed by atoms with Crippen molar-refractivity contribution in [2.24, 2.45) is 4.99 Å². The van der Waals surface area contributed by atoms with Crippen molar-refractivity contribution >= 4 is 17.5 Å². The summed E-state index contributed by atoms with van der Waals surface area (Å²) in [7, 11) is 0. The van der Waals surface area contributed by atoms with Crippen LogP contribution in [-0.2, 0) is 11.2 Å². The van der Waals surface area contributed by atoms with Crippen molar-refractivity contribution < 1.29 is 13.6 Å². The molecule has 7 heteroatoms. The van der Waals surface area contributed by atoms with Crippen molar-refractivity contribution in [2.45, 2.75) is 12.6 Å². The van der Waals surface area contributed by atoms with Crippen molar-refractivity contribution in [1.29, 1.82) is 0 Å². The summed E-state index contributed by atoms with van der Waals surface area (Å²) in [5.74, 6) is -0.243. The zero-order chi connectivity index (χ0) is 21.2. The molecule has 0 saturated heterocycles. The lowest BCUT2D eigenvalue weighted by atomic mass is 9.96. The first-order valence-electron chi connectivity index (χ1n) is 9.77. The van der Waals surface area contributed by atoms with E-state index in [4.69, 9.17) is 9.41 Å². The fourth-order valence-electron chi connectivity index (χ4n) is 3.51. The summed E-state index contributed by atoms with van der Waals surface area (Å²) in [5, 5.41) is 10.9. The summed E-state index contributed by atoms with van der Waals surface area (Å²) >= 11 is 0. The molecule has 6 nitrogen and oxygen atoms in total. The molecule has 0 bridgehead atoms. The van der Waals surface area contributed by atoms with Gasteiger partial charge in [0.25, 0.3) is 0 Å². The summed E-state index contributed by atoms with van der Waals surface area (Å²) in [6, 6.07) is 23.3. The number of hydrogen-bond donors (Lipinski definition) is 1. The van der Waals surface area contributed by atoms with E-state index in [2.05, 4.69) is 15.5 Å². The Morgan fingerprint density at radius 1 is 0.871 bits per heavy atom. The summed E-state index contributed by atoms with van der Waals surface area (Å²) in [6.07, 6.45) is -0.656. The van der Waals surface area contributed by atoms with Crippen molar-refractivity contribution in [2.75, 3.05) is 5.32 Å². The van der Waals surface area contributed by atoms with Gasteiger partial charge >= 0.3 is 6.01 Å². The molecule has 0 aliphatic carbocycles. The normalized spacial score (nSPS) is 15.7. The van der Waals surface area contributed by atoms with Gasteiger partial charge in [-0.15, -0.1) is 5.10 Å². The zero-order valence-electron chi connectivity index (χ0n) is 16.3. The molecule has 1 atom stereocenters. The molecule has 0 saturated carbocycles. The van der Waals surface area contributed by atoms with Crippen molar-refractivity contribution in [3.05, 3.63) is 101 Å². The van der Waals surface area contributed by atoms with Gasteiger partial charge in [-0.25, -0.2) is 4.39 Å². The van der Waals surface area contributed by atoms with Gasteiger partial charge in [-0.05, 0) is 29.8 Å². The molecule has 2 heterocycles. The number of Topliss-reactive ketones (excluding diaryl/α,β-unsaturated/α-hetero) is 1. The van der Waals surface area contributed by atoms with Gasteiger partial charge in [0.05, 0.1) is 5.71 Å². The first-order chi connectivity index (χ1) is 15.2. The Morgan fingerprint density at radius 3 is 2.42 bits per heavy atom. The average Bonchev–Trinajstić information content (AvgIpc) is 3.21. The molecule has 3 aromatic carbocycles. The second-order valence-corrected chi connectivity index (χ2v) is 7.11. The van der Waals surface area contributed by atoms with E-state index < -0.39 is 6.17 Å². The van der Waals surface area contributed by atoms with Gasteiger partial charge < -0.3 is 9.73 Å². The number of benzene rings is 3. The monoisotopic (exact) mass is 412 g/mol. The summed E-state index contributed by atoms with van der Waals surface area (Å²) in [4.78, 5) is 17.7. The third-order valence-electron chi connectivity index (χ3n) is 5.02. The van der Waals surface area contributed by atoms with Crippen LogP contribution in [0.3, 0.4) is 0 Å². The van der Waals surface area contributed by atoms with E-state index in [1.165, 1.54) is 12.1 Å². The second kappa shape index (κ2) is 7.95. The SMILES string of the molecule is O=C1Cc2ccccc2C(c2ccccc2)=N[C@@H]1Nc1nnc(-c2ccc(F)cc2)o1. The largest absolute Gasteiger partial charge is 0.403 e. The Kier molecular flexibility index (Phi) is 4.84. The quantitative estimate of drug-likeness (QED) is 0.541. The molecule has 0 radical (unpaired) electrons. The molecule has 1 aliphatic heterocycles. The molecule has 31 heavy (non-hydrogen) atoms. The lowest BCUT2D eigenvalue weighted by Crippen LogP contribution is -2.29. The molecular weight excluding hydrogens is 395 g/mol. The number of fused-ring (bicyclic) bond motifs is 1. The number of carbonyl (C=O) groups is 1. The zero-order valence-corrected chi connectivity index (χ0v) is 16.3. The smallest absolute Gasteiger partial charge is 0.317 e. The highest BCUT2D eigenvalue weighted by molar-refractivity contribution is 6.16. The molecular formula is C24H17FN4O2. The van der Waals surface area contributed by atoms with E-state index >= 15 is 0 Å². The van der Waals surface area contributed by atoms with Gasteiger partial charge in [-0.3, -0.25) is 9.79 Å². The van der Waals surface area contributed by atoms with Crippen LogP contribution in [0.2, 0.25) is 0 Å². The standard InChI is InChI=1S/C24H17FN4O2/c25-18-12-10-16(11-13-18)23-28-29-24(31-23)27-22-20(30)14-17-8-4-5-9-19(17)21(26-22)15-6-2-1-3-7-15/h1-13,22H,14H2,(H,27,29)/t22-/m1/s1. The van der Waals surface area contributed by atoms with Gasteiger partial charge in [-0.2, -0.15) is 0 Å². The summed E-state index contributed by atoms with van der Waals surface area (Å²) in [5.41, 5.74) is 4.04. The van der Waals surface area contributed by atoms with E-state index in [9.17, 15) is 9.18 Å². The molecule has 1 aliphatic rings. The third kappa shape index (κ3) is 3.85. The second-order valence-electron chi connectivity index (χ2n) is 7.11. The minimum absolute atomic E-state index is 0.0693. The minimum atomic E-state index is -0.885. The van der Waals surface area contributed by atoms with Gasteiger partial charge in [0.15, 0.2) is 11.9 Å². The van der Waals surface area contributed by atoms with E-state index in [1.54, 1.807) is 12.1 Å². The highest BCUT2D eigenvalue weighted by atomic mass is 19.1. The first-order valence-corrected chi connectivity index (χ1v) is 9.77. The molecule has 1 N–H and O–H groups in total. The van der Waals surface area contributed by atoms with Crippen LogP contribution in [-0.4, -0.2) is 27.9 Å². The number of aliphatic imine (C=N–C) groups is 1. The van der Waals surface area contributed by atoms with Crippen LogP contribution < -0.4 is 5.32 Å².